The van der Waals surface area contributed by atoms with Gasteiger partial charge in [-0.2, -0.15) is 0 Å². The predicted octanol–water partition coefficient (Wildman–Crippen LogP) is 4.76. The number of nitrogens with zero attached hydrogens (tertiary/aromatic N) is 1. The first-order valence-corrected chi connectivity index (χ1v) is 8.75. The maximum absolute atomic E-state index is 12.2. The first kappa shape index (κ1) is 18.8. The van der Waals surface area contributed by atoms with E-state index in [0.717, 1.165) is 28.0 Å². The Morgan fingerprint density at radius 1 is 1.12 bits per heavy atom. The van der Waals surface area contributed by atoms with Gasteiger partial charge in [-0.3, -0.25) is 9.59 Å². The molecule has 0 atom stereocenters. The lowest BCUT2D eigenvalue weighted by atomic mass is 10.1. The van der Waals surface area contributed by atoms with E-state index in [1.165, 1.54) is 11.0 Å². The lowest BCUT2D eigenvalue weighted by molar-refractivity contribution is 0.104. The van der Waals surface area contributed by atoms with Gasteiger partial charge in [0.25, 0.3) is 5.24 Å². The molecule has 25 heavy (non-hydrogen) atoms. The number of ether oxygens (including phenoxy) is 1. The molecular weight excluding hydrogens is 334 g/mol. The van der Waals surface area contributed by atoms with Gasteiger partial charge in [0.2, 0.25) is 0 Å². The number of benzene rings is 2. The Labute approximate surface area is 152 Å². The van der Waals surface area contributed by atoms with Crippen LogP contribution in [0.25, 0.3) is 6.08 Å². The van der Waals surface area contributed by atoms with Crippen LogP contribution in [0.3, 0.4) is 0 Å². The van der Waals surface area contributed by atoms with Crippen molar-refractivity contribution in [2.45, 2.75) is 11.8 Å². The fourth-order valence-corrected chi connectivity index (χ4v) is 2.75. The minimum Gasteiger partial charge on any atom is -0.494 e. The maximum atomic E-state index is 12.2. The van der Waals surface area contributed by atoms with Crippen LogP contribution in [0.1, 0.15) is 22.8 Å². The summed E-state index contributed by atoms with van der Waals surface area (Å²) < 4.78 is 5.37. The highest BCUT2D eigenvalue weighted by Gasteiger charge is 2.07. The zero-order chi connectivity index (χ0) is 18.2. The second kappa shape index (κ2) is 9.08. The average molecular weight is 355 g/mol. The van der Waals surface area contributed by atoms with Gasteiger partial charge in [-0.25, -0.2) is 0 Å². The van der Waals surface area contributed by atoms with Gasteiger partial charge in [-0.1, -0.05) is 18.2 Å². The molecule has 0 bridgehead atoms. The summed E-state index contributed by atoms with van der Waals surface area (Å²) in [5, 5.41) is -0.0356. The highest BCUT2D eigenvalue weighted by atomic mass is 32.2. The molecule has 0 heterocycles. The number of rotatable bonds is 6. The zero-order valence-corrected chi connectivity index (χ0v) is 15.4. The first-order chi connectivity index (χ1) is 12.0. The number of hydrogen-bond donors (Lipinski definition) is 0. The van der Waals surface area contributed by atoms with E-state index in [1.807, 2.05) is 31.2 Å². The van der Waals surface area contributed by atoms with Crippen molar-refractivity contribution in [1.29, 1.82) is 0 Å². The molecule has 0 aliphatic carbocycles. The summed E-state index contributed by atoms with van der Waals surface area (Å²) in [5.41, 5.74) is 1.48. The number of hydrogen-bond acceptors (Lipinski definition) is 4. The Morgan fingerprint density at radius 2 is 1.84 bits per heavy atom. The summed E-state index contributed by atoms with van der Waals surface area (Å²) in [4.78, 5) is 26.4. The van der Waals surface area contributed by atoms with Crippen LogP contribution in [0.5, 0.6) is 5.75 Å². The second-order valence-electron chi connectivity index (χ2n) is 5.49. The summed E-state index contributed by atoms with van der Waals surface area (Å²) in [6, 6.07) is 14.6. The molecule has 2 aromatic carbocycles. The third kappa shape index (κ3) is 5.80. The van der Waals surface area contributed by atoms with Gasteiger partial charge in [0, 0.05) is 24.6 Å². The fraction of sp³-hybridized carbons (Fsp3) is 0.200. The van der Waals surface area contributed by atoms with Gasteiger partial charge in [-0.05, 0) is 66.7 Å². The van der Waals surface area contributed by atoms with Crippen LogP contribution in [-0.4, -0.2) is 36.6 Å². The van der Waals surface area contributed by atoms with Gasteiger partial charge in [0.05, 0.1) is 6.61 Å². The fourth-order valence-electron chi connectivity index (χ4n) is 2.02. The van der Waals surface area contributed by atoms with Gasteiger partial charge in [0.15, 0.2) is 5.78 Å². The molecule has 0 aromatic heterocycles. The summed E-state index contributed by atoms with van der Waals surface area (Å²) >= 11 is 1.16. The molecule has 0 radical (unpaired) electrons. The molecule has 2 rings (SSSR count). The van der Waals surface area contributed by atoms with Crippen molar-refractivity contribution < 1.29 is 14.3 Å². The molecule has 0 aliphatic rings. The van der Waals surface area contributed by atoms with E-state index >= 15 is 0 Å². The highest BCUT2D eigenvalue weighted by molar-refractivity contribution is 8.13. The molecule has 0 aliphatic heterocycles. The Hall–Kier alpha value is -2.53. The summed E-state index contributed by atoms with van der Waals surface area (Å²) in [7, 11) is 3.43. The largest absolute Gasteiger partial charge is 0.494 e. The Bertz CT molecular complexity index is 767. The minimum atomic E-state index is -0.0783. The van der Waals surface area contributed by atoms with E-state index in [1.54, 1.807) is 44.4 Å². The molecule has 4 nitrogen and oxygen atoms in total. The molecule has 0 N–H and O–H groups in total. The average Bonchev–Trinajstić information content (AvgIpc) is 2.61. The summed E-state index contributed by atoms with van der Waals surface area (Å²) in [5.74, 6) is 0.670. The SMILES string of the molecule is CCOc1ccc(C(=O)C=Cc2cccc(SC(=O)N(C)C)c2)cc1. The molecule has 0 spiro atoms. The highest BCUT2D eigenvalue weighted by Crippen LogP contribution is 2.22. The lowest BCUT2D eigenvalue weighted by Crippen LogP contribution is -2.15. The van der Waals surface area contributed by atoms with Crippen LogP contribution in [-0.2, 0) is 0 Å². The predicted molar refractivity (Wildman–Crippen MR) is 102 cm³/mol. The van der Waals surface area contributed by atoms with Crippen molar-refractivity contribution in [1.82, 2.24) is 4.90 Å². The van der Waals surface area contributed by atoms with Gasteiger partial charge in [-0.15, -0.1) is 0 Å². The zero-order valence-electron chi connectivity index (χ0n) is 14.6. The molecule has 2 aromatic rings. The number of carbonyl (C=O) groups excluding carboxylic acids is 2. The molecule has 130 valence electrons. The van der Waals surface area contributed by atoms with Crippen molar-refractivity contribution >= 4 is 28.9 Å². The van der Waals surface area contributed by atoms with E-state index < -0.39 is 0 Å². The van der Waals surface area contributed by atoms with E-state index in [2.05, 4.69) is 0 Å². The van der Waals surface area contributed by atoms with Crippen molar-refractivity contribution in [3.63, 3.8) is 0 Å². The van der Waals surface area contributed by atoms with Gasteiger partial charge < -0.3 is 9.64 Å². The molecule has 0 saturated heterocycles. The third-order valence-electron chi connectivity index (χ3n) is 3.31. The normalized spacial score (nSPS) is 10.7. The smallest absolute Gasteiger partial charge is 0.285 e. The van der Waals surface area contributed by atoms with Crippen LogP contribution in [0.2, 0.25) is 0 Å². The molecular formula is C20H21NO3S. The monoisotopic (exact) mass is 355 g/mol. The minimum absolute atomic E-state index is 0.0356. The molecule has 5 heteroatoms. The van der Waals surface area contributed by atoms with Crippen LogP contribution in [0, 0.1) is 0 Å². The standard InChI is InChI=1S/C20H21NO3S/c1-4-24-17-11-9-16(10-12-17)19(22)13-8-15-6-5-7-18(14-15)25-20(23)21(2)3/h5-14H,4H2,1-3H3. The van der Waals surface area contributed by atoms with Crippen LogP contribution in [0.15, 0.2) is 59.5 Å². The van der Waals surface area contributed by atoms with Crippen molar-refractivity contribution in [3.05, 3.63) is 65.7 Å². The molecule has 1 amide bonds. The van der Waals surface area contributed by atoms with Crippen LogP contribution in [0.4, 0.5) is 4.79 Å². The second-order valence-corrected chi connectivity index (χ2v) is 6.51. The van der Waals surface area contributed by atoms with Gasteiger partial charge >= 0.3 is 0 Å². The van der Waals surface area contributed by atoms with Crippen LogP contribution < -0.4 is 4.74 Å². The number of thioether (sulfide) groups is 1. The van der Waals surface area contributed by atoms with Crippen molar-refractivity contribution in [2.75, 3.05) is 20.7 Å². The topological polar surface area (TPSA) is 46.6 Å². The molecule has 0 unspecified atom stereocenters. The Morgan fingerprint density at radius 3 is 2.48 bits per heavy atom. The van der Waals surface area contributed by atoms with E-state index in [-0.39, 0.29) is 11.0 Å². The maximum Gasteiger partial charge on any atom is 0.285 e. The Kier molecular flexibility index (Phi) is 6.83. The summed E-state index contributed by atoms with van der Waals surface area (Å²) in [6.07, 6.45) is 3.29. The number of amides is 1. The van der Waals surface area contributed by atoms with Crippen molar-refractivity contribution in [2.24, 2.45) is 0 Å². The Balaban J connectivity index is 2.05. The molecule has 0 fully saturated rings. The number of ketones is 1. The quantitative estimate of drug-likeness (QED) is 0.426. The first-order valence-electron chi connectivity index (χ1n) is 7.94. The van der Waals surface area contributed by atoms with E-state index in [4.69, 9.17) is 4.74 Å². The lowest BCUT2D eigenvalue weighted by Gasteiger charge is -2.09. The van der Waals surface area contributed by atoms with Gasteiger partial charge in [0.1, 0.15) is 5.75 Å². The van der Waals surface area contributed by atoms with E-state index in [0.29, 0.717) is 12.2 Å². The molecule has 0 saturated carbocycles. The summed E-state index contributed by atoms with van der Waals surface area (Å²) in [6.45, 7) is 2.51. The number of carbonyl (C=O) groups is 2. The third-order valence-corrected chi connectivity index (χ3v) is 4.33. The van der Waals surface area contributed by atoms with Crippen LogP contribution >= 0.6 is 11.8 Å². The number of allylic oxidation sites excluding steroid dienone is 1. The van der Waals surface area contributed by atoms with Crippen molar-refractivity contribution in [3.8, 4) is 5.75 Å². The van der Waals surface area contributed by atoms with E-state index in [9.17, 15) is 9.59 Å².